The molecule has 3 heterocycles. The van der Waals surface area contributed by atoms with E-state index in [0.717, 1.165) is 55.6 Å². The molecule has 1 atom stereocenters. The number of benzene rings is 1. The molecule has 15 nitrogen and oxygen atoms in total. The zero-order valence-corrected chi connectivity index (χ0v) is 32.6. The summed E-state index contributed by atoms with van der Waals surface area (Å²) in [5, 5.41) is 5.13. The SMILES string of the molecule is C#C.CCCN(Cc1ncc(-c2ccc(C3CCC(c4cnc(CN(CCC)C(=O)[C@H](NC(=O)OC)c5ccccc5)[nH]4)CC3)cn2)[nH]1)C(=O)CNC(=O)OC. The summed E-state index contributed by atoms with van der Waals surface area (Å²) in [6.45, 7) is 5.47. The van der Waals surface area contributed by atoms with Gasteiger partial charge in [-0.05, 0) is 61.6 Å². The molecule has 1 saturated carbocycles. The number of terminal acetylenes is 1. The number of hydrogen-bond acceptors (Lipinski definition) is 9. The standard InChI is InChI=1S/C39H51N9O6.C2H2/c1-5-18-47(35(49)23-43-38(51)53-3)24-33-42-22-32(45-33)30-17-16-29(20-40-30)26-12-14-27(15-13-26)31-21-41-34(44-31)25-48(19-6-2)37(50)36(46-39(52)54-4)28-10-8-7-9-11-28;1-2/h7-11,16-17,20-22,26-27,36H,5-6,12-15,18-19,23-25H2,1-4H3,(H,41,44)(H,42,45)(H,43,51)(H,46,52);1-2H/t26?,27?,36-;/m1./s1. The van der Waals surface area contributed by atoms with Gasteiger partial charge in [0.15, 0.2) is 0 Å². The number of amides is 4. The lowest BCUT2D eigenvalue weighted by molar-refractivity contribution is -0.134. The van der Waals surface area contributed by atoms with Crippen molar-refractivity contribution in [1.82, 2.24) is 45.4 Å². The number of aromatic nitrogens is 5. The van der Waals surface area contributed by atoms with Crippen LogP contribution >= 0.6 is 0 Å². The minimum absolute atomic E-state index is 0.150. The number of carbonyl (C=O) groups excluding carboxylic acids is 4. The van der Waals surface area contributed by atoms with Crippen LogP contribution in [0.4, 0.5) is 9.59 Å². The van der Waals surface area contributed by atoms with Crippen molar-refractivity contribution in [3.8, 4) is 24.2 Å². The van der Waals surface area contributed by atoms with Gasteiger partial charge in [0.05, 0.1) is 44.9 Å². The monoisotopic (exact) mass is 767 g/mol. The van der Waals surface area contributed by atoms with E-state index in [1.165, 1.54) is 19.8 Å². The van der Waals surface area contributed by atoms with E-state index in [-0.39, 0.29) is 24.9 Å². The Bertz CT molecular complexity index is 1870. The molecule has 4 aromatic rings. The van der Waals surface area contributed by atoms with Crippen LogP contribution < -0.4 is 10.6 Å². The van der Waals surface area contributed by atoms with Crippen LogP contribution in [0.5, 0.6) is 0 Å². The highest BCUT2D eigenvalue weighted by Crippen LogP contribution is 2.40. The topological polar surface area (TPSA) is 188 Å². The highest BCUT2D eigenvalue weighted by Gasteiger charge is 2.29. The number of nitrogens with zero attached hydrogens (tertiary/aromatic N) is 5. The van der Waals surface area contributed by atoms with Crippen molar-refractivity contribution >= 4 is 24.0 Å². The average molecular weight is 768 g/mol. The number of carbonyl (C=O) groups is 4. The third kappa shape index (κ3) is 11.7. The minimum Gasteiger partial charge on any atom is -0.453 e. The van der Waals surface area contributed by atoms with E-state index in [4.69, 9.17) is 9.72 Å². The molecule has 4 amide bonds. The first-order valence-electron chi connectivity index (χ1n) is 18.9. The summed E-state index contributed by atoms with van der Waals surface area (Å²) in [7, 11) is 2.53. The zero-order valence-electron chi connectivity index (χ0n) is 32.6. The molecule has 298 valence electrons. The van der Waals surface area contributed by atoms with Gasteiger partial charge < -0.3 is 39.9 Å². The van der Waals surface area contributed by atoms with Crippen LogP contribution in [0.1, 0.15) is 98.7 Å². The summed E-state index contributed by atoms with van der Waals surface area (Å²) in [5.41, 5.74) is 4.48. The summed E-state index contributed by atoms with van der Waals surface area (Å²) in [6, 6.07) is 12.4. The van der Waals surface area contributed by atoms with Crippen molar-refractivity contribution in [2.75, 3.05) is 33.9 Å². The molecule has 4 N–H and O–H groups in total. The lowest BCUT2D eigenvalue weighted by Gasteiger charge is -2.28. The van der Waals surface area contributed by atoms with Gasteiger partial charge in [-0.15, -0.1) is 12.8 Å². The molecule has 0 aliphatic heterocycles. The fourth-order valence-corrected chi connectivity index (χ4v) is 6.87. The number of imidazole rings is 2. The third-order valence-electron chi connectivity index (χ3n) is 9.71. The molecule has 0 unspecified atom stereocenters. The number of ether oxygens (including phenoxy) is 2. The van der Waals surface area contributed by atoms with Crippen molar-refractivity contribution < 1.29 is 28.7 Å². The number of hydrogen-bond donors (Lipinski definition) is 4. The second-order valence-electron chi connectivity index (χ2n) is 13.5. The number of nitrogens with one attached hydrogen (secondary N) is 4. The Morgan fingerprint density at radius 2 is 1.41 bits per heavy atom. The average Bonchev–Trinajstić information content (AvgIpc) is 3.92. The summed E-state index contributed by atoms with van der Waals surface area (Å²) in [6.07, 6.45) is 17.8. The number of pyridine rings is 1. The van der Waals surface area contributed by atoms with E-state index in [1.807, 2.05) is 62.6 Å². The Labute approximate surface area is 328 Å². The maximum absolute atomic E-state index is 13.8. The fourth-order valence-electron chi connectivity index (χ4n) is 6.87. The molecule has 0 saturated heterocycles. The molecule has 0 spiro atoms. The van der Waals surface area contributed by atoms with Gasteiger partial charge in [-0.1, -0.05) is 50.2 Å². The number of methoxy groups -OCH3 is 2. The van der Waals surface area contributed by atoms with E-state index >= 15 is 0 Å². The van der Waals surface area contributed by atoms with E-state index in [2.05, 4.69) is 54.2 Å². The maximum Gasteiger partial charge on any atom is 0.407 e. The van der Waals surface area contributed by atoms with Crippen LogP contribution in [0.15, 0.2) is 61.1 Å². The molecule has 3 aromatic heterocycles. The largest absolute Gasteiger partial charge is 0.453 e. The molecule has 1 aromatic carbocycles. The van der Waals surface area contributed by atoms with E-state index in [9.17, 15) is 19.2 Å². The lowest BCUT2D eigenvalue weighted by atomic mass is 9.78. The van der Waals surface area contributed by atoms with E-state index in [0.29, 0.717) is 48.7 Å². The van der Waals surface area contributed by atoms with Gasteiger partial charge in [0.1, 0.15) is 24.2 Å². The Hall–Kier alpha value is -6.17. The number of aromatic amines is 2. The molecule has 15 heteroatoms. The molecule has 1 aliphatic rings. The first kappa shape index (κ1) is 42.6. The summed E-state index contributed by atoms with van der Waals surface area (Å²) in [4.78, 5) is 74.0. The van der Waals surface area contributed by atoms with Crippen LogP contribution in [0.25, 0.3) is 11.4 Å². The number of rotatable bonds is 16. The first-order valence-corrected chi connectivity index (χ1v) is 18.9. The molecular weight excluding hydrogens is 715 g/mol. The van der Waals surface area contributed by atoms with E-state index in [1.54, 1.807) is 16.0 Å². The Morgan fingerprint density at radius 3 is 2.05 bits per heavy atom. The van der Waals surface area contributed by atoms with Gasteiger partial charge in [-0.25, -0.2) is 19.6 Å². The van der Waals surface area contributed by atoms with Crippen molar-refractivity contribution in [3.63, 3.8) is 0 Å². The van der Waals surface area contributed by atoms with Crippen LogP contribution in [-0.4, -0.2) is 92.6 Å². The Kier molecular flexibility index (Phi) is 16.5. The highest BCUT2D eigenvalue weighted by atomic mass is 16.5. The maximum atomic E-state index is 13.8. The van der Waals surface area contributed by atoms with Gasteiger partial charge in [-0.3, -0.25) is 14.6 Å². The summed E-state index contributed by atoms with van der Waals surface area (Å²) < 4.78 is 9.37. The van der Waals surface area contributed by atoms with E-state index < -0.39 is 18.2 Å². The molecule has 1 aliphatic carbocycles. The second kappa shape index (κ2) is 21.7. The molecule has 0 radical (unpaired) electrons. The van der Waals surface area contributed by atoms with Gasteiger partial charge >= 0.3 is 12.2 Å². The molecule has 0 bridgehead atoms. The summed E-state index contributed by atoms with van der Waals surface area (Å²) in [5.74, 6) is 1.62. The highest BCUT2D eigenvalue weighted by molar-refractivity contribution is 5.87. The van der Waals surface area contributed by atoms with Crippen molar-refractivity contribution in [3.05, 3.63) is 89.5 Å². The van der Waals surface area contributed by atoms with Crippen molar-refractivity contribution in [2.24, 2.45) is 0 Å². The van der Waals surface area contributed by atoms with Crippen molar-refractivity contribution in [1.29, 1.82) is 0 Å². The summed E-state index contributed by atoms with van der Waals surface area (Å²) >= 11 is 0. The zero-order chi connectivity index (χ0) is 40.5. The molecule has 1 fully saturated rings. The quantitative estimate of drug-likeness (QED) is 0.102. The fraction of sp³-hybridized carbons (Fsp3) is 0.439. The number of alkyl carbamates (subject to hydrolysis) is 2. The third-order valence-corrected chi connectivity index (χ3v) is 9.71. The van der Waals surface area contributed by atoms with Crippen LogP contribution in [-0.2, 0) is 32.2 Å². The van der Waals surface area contributed by atoms with Crippen molar-refractivity contribution in [2.45, 2.75) is 83.3 Å². The van der Waals surface area contributed by atoms with Gasteiger partial charge in [0.2, 0.25) is 11.8 Å². The molecular formula is C41H53N9O6. The molecule has 5 rings (SSSR count). The molecule has 56 heavy (non-hydrogen) atoms. The Morgan fingerprint density at radius 1 is 0.786 bits per heavy atom. The predicted octanol–water partition coefficient (Wildman–Crippen LogP) is 5.82. The van der Waals surface area contributed by atoms with Crippen LogP contribution in [0, 0.1) is 12.8 Å². The van der Waals surface area contributed by atoms with Gasteiger partial charge in [-0.2, -0.15) is 0 Å². The minimum atomic E-state index is -0.877. The van der Waals surface area contributed by atoms with Gasteiger partial charge in [0.25, 0.3) is 0 Å². The predicted molar refractivity (Wildman–Crippen MR) is 211 cm³/mol. The Balaban J connectivity index is 0.00000342. The number of H-pyrrole nitrogens is 2. The van der Waals surface area contributed by atoms with Crippen LogP contribution in [0.3, 0.4) is 0 Å². The lowest BCUT2D eigenvalue weighted by Crippen LogP contribution is -2.43. The van der Waals surface area contributed by atoms with Gasteiger partial charge in [0, 0.05) is 37.1 Å². The first-order chi connectivity index (χ1) is 27.2. The van der Waals surface area contributed by atoms with Crippen LogP contribution in [0.2, 0.25) is 0 Å². The normalized spacial score (nSPS) is 15.3. The second-order valence-corrected chi connectivity index (χ2v) is 13.5. The smallest absolute Gasteiger partial charge is 0.407 e.